The van der Waals surface area contributed by atoms with Crippen molar-refractivity contribution < 1.29 is 14.4 Å². The van der Waals surface area contributed by atoms with E-state index in [0.29, 0.717) is 45.0 Å². The van der Waals surface area contributed by atoms with Crippen LogP contribution in [0.5, 0.6) is 11.5 Å². The zero-order chi connectivity index (χ0) is 25.5. The molecule has 0 atom stereocenters. The lowest BCUT2D eigenvalue weighted by atomic mass is 10.2. The lowest BCUT2D eigenvalue weighted by Crippen LogP contribution is -2.32. The van der Waals surface area contributed by atoms with Crippen LogP contribution in [0, 0.1) is 10.1 Å². The number of nitro groups is 1. The molecule has 0 unspecified atom stereocenters. The Labute approximate surface area is 208 Å². The summed E-state index contributed by atoms with van der Waals surface area (Å²) in [6, 6.07) is 16.0. The number of hydrogen-bond donors (Lipinski definition) is 1. The van der Waals surface area contributed by atoms with Gasteiger partial charge in [-0.05, 0) is 70.0 Å². The summed E-state index contributed by atoms with van der Waals surface area (Å²) < 4.78 is 11.6. The van der Waals surface area contributed by atoms with Gasteiger partial charge < -0.3 is 24.6 Å². The van der Waals surface area contributed by atoms with Gasteiger partial charge in [-0.15, -0.1) is 0 Å². The minimum absolute atomic E-state index is 0.319. The number of benzene rings is 2. The Morgan fingerprint density at radius 3 is 1.97 bits per heavy atom. The van der Waals surface area contributed by atoms with E-state index >= 15 is 0 Å². The molecule has 0 radical (unpaired) electrons. The molecule has 0 aliphatic heterocycles. The molecule has 2 aromatic carbocycles. The van der Waals surface area contributed by atoms with Crippen LogP contribution in [0.15, 0.2) is 53.5 Å². The Morgan fingerprint density at radius 2 is 1.46 bits per heavy atom. The minimum atomic E-state index is -0.370. The molecule has 0 heterocycles. The average Bonchev–Trinajstić information content (AvgIpc) is 2.77. The van der Waals surface area contributed by atoms with Crippen LogP contribution in [0.2, 0.25) is 0 Å². The Kier molecular flexibility index (Phi) is 12.6. The molecule has 0 bridgehead atoms. The van der Waals surface area contributed by atoms with Crippen LogP contribution in [-0.2, 0) is 13.1 Å². The van der Waals surface area contributed by atoms with Gasteiger partial charge in [0.15, 0.2) is 5.84 Å². The summed E-state index contributed by atoms with van der Waals surface area (Å²) in [5.74, 6) is 2.04. The van der Waals surface area contributed by atoms with Crippen LogP contribution in [0.4, 0.5) is 0 Å². The molecule has 0 fully saturated rings. The summed E-state index contributed by atoms with van der Waals surface area (Å²) in [5, 5.41) is 14.1. The van der Waals surface area contributed by atoms with Gasteiger partial charge in [-0.2, -0.15) is 0 Å². The number of hydrogen-bond acceptors (Lipinski definition) is 7. The van der Waals surface area contributed by atoms with Gasteiger partial charge in [-0.3, -0.25) is 15.1 Å². The standard InChI is InChI=1S/C26H39N5O4/c1-29(2)19-22-9-5-11-24(17-22)34-15-7-13-27-26(21-31(32)33)28-14-8-16-35-25-12-6-10-23(18-25)20-30(3)4/h5-6,9-12,17-18H,7-8,13-16,19-21H2,1-4H3,(H,27,28). The Bertz CT molecular complexity index is 933. The molecule has 0 aromatic heterocycles. The van der Waals surface area contributed by atoms with Crippen molar-refractivity contribution in [1.29, 1.82) is 0 Å². The molecule has 2 rings (SSSR count). The van der Waals surface area contributed by atoms with Crippen LogP contribution < -0.4 is 14.8 Å². The van der Waals surface area contributed by atoms with Gasteiger partial charge >= 0.3 is 0 Å². The topological polar surface area (TPSA) is 92.5 Å². The number of rotatable bonds is 16. The largest absolute Gasteiger partial charge is 0.494 e. The van der Waals surface area contributed by atoms with Crippen molar-refractivity contribution in [2.75, 3.05) is 61.0 Å². The van der Waals surface area contributed by atoms with Crippen molar-refractivity contribution in [3.05, 3.63) is 69.8 Å². The third-order valence-corrected chi connectivity index (χ3v) is 4.87. The molecule has 9 nitrogen and oxygen atoms in total. The first kappa shape index (κ1) is 28.1. The van der Waals surface area contributed by atoms with E-state index in [2.05, 4.69) is 32.2 Å². The summed E-state index contributed by atoms with van der Waals surface area (Å²) in [6.07, 6.45) is 1.38. The van der Waals surface area contributed by atoms with E-state index in [4.69, 9.17) is 9.47 Å². The second-order valence-corrected chi connectivity index (χ2v) is 8.92. The van der Waals surface area contributed by atoms with Gasteiger partial charge in [-0.1, -0.05) is 24.3 Å². The third kappa shape index (κ3) is 12.8. The highest BCUT2D eigenvalue weighted by molar-refractivity contribution is 5.83. The molecule has 1 N–H and O–H groups in total. The predicted octanol–water partition coefficient (Wildman–Crippen LogP) is 3.31. The maximum absolute atomic E-state index is 11.0. The molecular weight excluding hydrogens is 446 g/mol. The predicted molar refractivity (Wildman–Crippen MR) is 140 cm³/mol. The Morgan fingerprint density at radius 1 is 0.914 bits per heavy atom. The van der Waals surface area contributed by atoms with E-state index in [1.807, 2.05) is 64.6 Å². The summed E-state index contributed by atoms with van der Waals surface area (Å²) in [6.45, 7) is 3.42. The fourth-order valence-corrected chi connectivity index (χ4v) is 3.45. The summed E-state index contributed by atoms with van der Waals surface area (Å²) in [4.78, 5) is 19.2. The van der Waals surface area contributed by atoms with Gasteiger partial charge in [0.25, 0.3) is 6.54 Å². The minimum Gasteiger partial charge on any atom is -0.494 e. The van der Waals surface area contributed by atoms with Crippen molar-refractivity contribution in [2.24, 2.45) is 4.99 Å². The molecule has 0 saturated carbocycles. The van der Waals surface area contributed by atoms with E-state index in [0.717, 1.165) is 24.6 Å². The fourth-order valence-electron chi connectivity index (χ4n) is 3.45. The number of nitrogens with zero attached hydrogens (tertiary/aromatic N) is 4. The number of amidine groups is 1. The summed E-state index contributed by atoms with van der Waals surface area (Å²) in [5.41, 5.74) is 2.38. The molecule has 0 aliphatic carbocycles. The van der Waals surface area contributed by atoms with E-state index in [9.17, 15) is 10.1 Å². The van der Waals surface area contributed by atoms with Crippen molar-refractivity contribution in [2.45, 2.75) is 25.9 Å². The molecule has 192 valence electrons. The molecule has 35 heavy (non-hydrogen) atoms. The smallest absolute Gasteiger partial charge is 0.259 e. The van der Waals surface area contributed by atoms with Gasteiger partial charge in [0.1, 0.15) is 11.5 Å². The van der Waals surface area contributed by atoms with Crippen molar-refractivity contribution >= 4 is 5.84 Å². The first-order valence-corrected chi connectivity index (χ1v) is 11.9. The second-order valence-electron chi connectivity index (χ2n) is 8.92. The third-order valence-electron chi connectivity index (χ3n) is 4.87. The highest BCUT2D eigenvalue weighted by Crippen LogP contribution is 2.15. The first-order chi connectivity index (χ1) is 16.8. The first-order valence-electron chi connectivity index (χ1n) is 11.9. The van der Waals surface area contributed by atoms with Crippen LogP contribution in [0.25, 0.3) is 0 Å². The summed E-state index contributed by atoms with van der Waals surface area (Å²) in [7, 11) is 8.11. The molecule has 2 aromatic rings. The number of nitrogens with one attached hydrogen (secondary N) is 1. The second kappa shape index (κ2) is 15.7. The van der Waals surface area contributed by atoms with Crippen molar-refractivity contribution in [3.8, 4) is 11.5 Å². The van der Waals surface area contributed by atoms with Crippen molar-refractivity contribution in [3.63, 3.8) is 0 Å². The van der Waals surface area contributed by atoms with Gasteiger partial charge in [0.05, 0.1) is 13.2 Å². The van der Waals surface area contributed by atoms with Crippen LogP contribution in [-0.4, -0.2) is 81.6 Å². The normalized spacial score (nSPS) is 11.7. The zero-order valence-corrected chi connectivity index (χ0v) is 21.4. The monoisotopic (exact) mass is 485 g/mol. The lowest BCUT2D eigenvalue weighted by Gasteiger charge is -2.12. The summed E-state index contributed by atoms with van der Waals surface area (Å²) >= 11 is 0. The highest BCUT2D eigenvalue weighted by Gasteiger charge is 2.07. The molecule has 0 aliphatic rings. The maximum atomic E-state index is 11.0. The number of aliphatic imine (C=N–C) groups is 1. The van der Waals surface area contributed by atoms with E-state index in [-0.39, 0.29) is 11.5 Å². The van der Waals surface area contributed by atoms with E-state index in [1.165, 1.54) is 11.1 Å². The van der Waals surface area contributed by atoms with Gasteiger partial charge in [-0.25, -0.2) is 0 Å². The Hall–Kier alpha value is -3.17. The molecule has 0 amide bonds. The van der Waals surface area contributed by atoms with Crippen molar-refractivity contribution in [1.82, 2.24) is 15.1 Å². The highest BCUT2D eigenvalue weighted by atomic mass is 16.6. The molecule has 0 saturated heterocycles. The Balaban J connectivity index is 1.70. The van der Waals surface area contributed by atoms with E-state index in [1.54, 1.807) is 0 Å². The van der Waals surface area contributed by atoms with Gasteiger partial charge in [0.2, 0.25) is 0 Å². The molecule has 0 spiro atoms. The molecular formula is C26H39N5O4. The fraction of sp³-hybridized carbons (Fsp3) is 0.500. The SMILES string of the molecule is CN(C)Cc1cccc(OCCCN=C(C[N+](=O)[O-])NCCCOc2cccc(CN(C)C)c2)c1. The average molecular weight is 486 g/mol. The van der Waals surface area contributed by atoms with Crippen LogP contribution in [0.3, 0.4) is 0 Å². The maximum Gasteiger partial charge on any atom is 0.259 e. The number of ether oxygens (including phenoxy) is 2. The lowest BCUT2D eigenvalue weighted by molar-refractivity contribution is -0.463. The quantitative estimate of drug-likeness (QED) is 0.128. The van der Waals surface area contributed by atoms with Crippen LogP contribution in [0.1, 0.15) is 24.0 Å². The van der Waals surface area contributed by atoms with Crippen LogP contribution >= 0.6 is 0 Å². The molecule has 9 heteroatoms. The zero-order valence-electron chi connectivity index (χ0n) is 21.4. The van der Waals surface area contributed by atoms with Gasteiger partial charge in [0, 0.05) is 37.5 Å². The van der Waals surface area contributed by atoms with E-state index < -0.39 is 0 Å².